The molecule has 0 aromatic carbocycles. The first-order valence-corrected chi connectivity index (χ1v) is 8.20. The molecule has 138 valence electrons. The van der Waals surface area contributed by atoms with Crippen molar-refractivity contribution in [1.29, 1.82) is 0 Å². The number of rotatable bonds is 4. The lowest BCUT2D eigenvalue weighted by atomic mass is 10.3. The van der Waals surface area contributed by atoms with E-state index in [4.69, 9.17) is 23.8 Å². The van der Waals surface area contributed by atoms with Crippen LogP contribution in [0.3, 0.4) is 0 Å². The Labute approximate surface area is 152 Å². The molecule has 1 aromatic heterocycles. The highest BCUT2D eigenvalue weighted by Gasteiger charge is 2.51. The average Bonchev–Trinajstić information content (AvgIpc) is 3.00. The maximum Gasteiger partial charge on any atom is 0.455 e. The molecule has 12 heteroatoms. The van der Waals surface area contributed by atoms with Gasteiger partial charge >= 0.3 is 12.2 Å². The maximum atomic E-state index is 13.0. The highest BCUT2D eigenvalue weighted by atomic mass is 35.5. The second-order valence-corrected chi connectivity index (χ2v) is 6.08. The molecule has 1 aliphatic heterocycles. The number of carbonyl (C=O) groups is 1. The summed E-state index contributed by atoms with van der Waals surface area (Å²) < 4.78 is 38.1. The fraction of sp³-hybridized carbons (Fsp3) is 0.538. The van der Waals surface area contributed by atoms with Crippen LogP contribution in [0.1, 0.15) is 19.5 Å². The summed E-state index contributed by atoms with van der Waals surface area (Å²) in [5.74, 6) is 0. The van der Waals surface area contributed by atoms with Crippen molar-refractivity contribution in [2.45, 2.75) is 33.5 Å². The molecule has 0 spiro atoms. The van der Waals surface area contributed by atoms with E-state index in [1.807, 2.05) is 0 Å². The fourth-order valence-corrected chi connectivity index (χ4v) is 3.15. The number of nitrogens with zero attached hydrogens (tertiary/aromatic N) is 5. The Hall–Kier alpha value is -1.72. The number of aliphatic imine (C=N–C) groups is 1. The fourth-order valence-electron chi connectivity index (χ4n) is 2.59. The third-order valence-corrected chi connectivity index (χ3v) is 4.24. The van der Waals surface area contributed by atoms with Gasteiger partial charge in [0.2, 0.25) is 17.1 Å². The number of nitrogens with one attached hydrogen (secondary N) is 1. The van der Waals surface area contributed by atoms with Gasteiger partial charge in [-0.25, -0.2) is 9.48 Å². The predicted octanol–water partition coefficient (Wildman–Crippen LogP) is 3.01. The summed E-state index contributed by atoms with van der Waals surface area (Å²) in [6.07, 6.45) is -3.29. The number of hydrogen-bond acceptors (Lipinski definition) is 3. The first-order chi connectivity index (χ1) is 11.6. The van der Waals surface area contributed by atoms with Crippen LogP contribution in [0.25, 0.3) is 0 Å². The number of aromatic nitrogens is 2. The van der Waals surface area contributed by atoms with E-state index in [2.05, 4.69) is 15.5 Å². The van der Waals surface area contributed by atoms with Gasteiger partial charge in [-0.05, 0) is 33.0 Å². The second-order valence-electron chi connectivity index (χ2n) is 5.34. The number of aryl methyl sites for hydroxylation is 1. The van der Waals surface area contributed by atoms with Crippen molar-refractivity contribution >= 4 is 47.0 Å². The van der Waals surface area contributed by atoms with E-state index in [9.17, 15) is 18.0 Å². The van der Waals surface area contributed by atoms with Crippen LogP contribution in [-0.2, 0) is 6.54 Å². The van der Waals surface area contributed by atoms with Crippen molar-refractivity contribution < 1.29 is 18.0 Å². The third-order valence-electron chi connectivity index (χ3n) is 3.67. The molecule has 1 unspecified atom stereocenters. The van der Waals surface area contributed by atoms with Gasteiger partial charge in [0.1, 0.15) is 12.2 Å². The van der Waals surface area contributed by atoms with E-state index < -0.39 is 23.3 Å². The van der Waals surface area contributed by atoms with Gasteiger partial charge in [0.05, 0.1) is 0 Å². The van der Waals surface area contributed by atoms with Crippen LogP contribution in [-0.4, -0.2) is 51.4 Å². The summed E-state index contributed by atoms with van der Waals surface area (Å²) in [5, 5.41) is 3.56. The molecule has 1 atom stereocenters. The Kier molecular flexibility index (Phi) is 5.40. The van der Waals surface area contributed by atoms with Crippen molar-refractivity contribution in [2.75, 3.05) is 13.1 Å². The van der Waals surface area contributed by atoms with Crippen LogP contribution in [0.15, 0.2) is 4.99 Å². The number of hydrogen-bond donors (Lipinski definition) is 1. The highest BCUT2D eigenvalue weighted by molar-refractivity contribution is 7.80. The Morgan fingerprint density at radius 3 is 2.48 bits per heavy atom. The second kappa shape index (κ2) is 6.89. The molecule has 0 bridgehead atoms. The van der Waals surface area contributed by atoms with Crippen molar-refractivity contribution in [2.24, 2.45) is 4.99 Å². The first kappa shape index (κ1) is 19.6. The van der Waals surface area contributed by atoms with E-state index in [1.165, 1.54) is 18.2 Å². The number of halogens is 4. The summed E-state index contributed by atoms with van der Waals surface area (Å²) in [7, 11) is 0. The lowest BCUT2D eigenvalue weighted by molar-refractivity contribution is -0.142. The van der Waals surface area contributed by atoms with Crippen LogP contribution < -0.4 is 10.0 Å². The largest absolute Gasteiger partial charge is 0.455 e. The Bertz CT molecular complexity index is 730. The molecule has 0 radical (unpaired) electrons. The molecule has 1 aromatic rings. The van der Waals surface area contributed by atoms with Gasteiger partial charge in [-0.15, -0.1) is 0 Å². The molecule has 7 nitrogen and oxygen atoms in total. The number of urea groups is 1. The lowest BCUT2D eigenvalue weighted by Gasteiger charge is -2.30. The van der Waals surface area contributed by atoms with E-state index in [0.29, 0.717) is 17.8 Å². The minimum absolute atomic E-state index is 0.0274. The summed E-state index contributed by atoms with van der Waals surface area (Å²) in [6, 6.07) is -0.467. The van der Waals surface area contributed by atoms with Crippen molar-refractivity contribution in [3.05, 3.63) is 10.8 Å². The van der Waals surface area contributed by atoms with Crippen LogP contribution in [0.5, 0.6) is 0 Å². The summed E-state index contributed by atoms with van der Waals surface area (Å²) in [4.78, 5) is 18.4. The third kappa shape index (κ3) is 3.62. The van der Waals surface area contributed by atoms with E-state index in [1.54, 1.807) is 13.8 Å². The zero-order valence-electron chi connectivity index (χ0n) is 13.8. The molecular weight excluding hydrogens is 381 g/mol. The molecule has 0 aliphatic carbocycles. The predicted molar refractivity (Wildman–Crippen MR) is 92.4 cm³/mol. The average molecular weight is 398 g/mol. The molecule has 0 fully saturated rings. The highest BCUT2D eigenvalue weighted by Crippen LogP contribution is 2.36. The number of alkyl halides is 3. The quantitative estimate of drug-likeness (QED) is 0.626. The molecule has 0 saturated carbocycles. The van der Waals surface area contributed by atoms with E-state index >= 15 is 0 Å². The van der Waals surface area contributed by atoms with Gasteiger partial charge in [-0.1, -0.05) is 16.2 Å². The molecule has 0 saturated heterocycles. The van der Waals surface area contributed by atoms with Crippen molar-refractivity contribution in [1.82, 2.24) is 24.7 Å². The van der Waals surface area contributed by atoms with Gasteiger partial charge in [0.25, 0.3) is 0 Å². The summed E-state index contributed by atoms with van der Waals surface area (Å²) in [5.41, 5.74) is 2.95. The van der Waals surface area contributed by atoms with Crippen LogP contribution >= 0.6 is 23.8 Å². The number of amides is 2. The molecule has 25 heavy (non-hydrogen) atoms. The SMILES string of the molecule is CCN(CC)C(=O)[N+]1(c2c(C)nn(CC(F)(F)F)c2Cl)C=NC(=S)N1. The molecule has 2 heterocycles. The number of quaternary nitrogens is 1. The first-order valence-electron chi connectivity index (χ1n) is 7.41. The standard InChI is InChI=1S/C13H16ClF3N6OS/c1-4-21(5-2)12(24)23(7-18-11(25)20-23)9-8(3)19-22(10(9)14)6-13(15,16)17/h7H,4-6H2,1-3H3/p+1. The zero-order chi connectivity index (χ0) is 19.0. The minimum Gasteiger partial charge on any atom is -0.290 e. The lowest BCUT2D eigenvalue weighted by Crippen LogP contribution is -2.65. The Morgan fingerprint density at radius 1 is 1.44 bits per heavy atom. The van der Waals surface area contributed by atoms with Gasteiger partial charge in [-0.3, -0.25) is 4.90 Å². The number of thiocarbonyl (C=S) groups is 1. The summed E-state index contributed by atoms with van der Waals surface area (Å²) >= 11 is 11.1. The van der Waals surface area contributed by atoms with E-state index in [-0.39, 0.29) is 21.6 Å². The van der Waals surface area contributed by atoms with Gasteiger partial charge in [0.15, 0.2) is 5.15 Å². The van der Waals surface area contributed by atoms with Crippen LogP contribution in [0.4, 0.5) is 23.7 Å². The van der Waals surface area contributed by atoms with Crippen molar-refractivity contribution in [3.63, 3.8) is 0 Å². The molecule has 2 rings (SSSR count). The monoisotopic (exact) mass is 397 g/mol. The maximum absolute atomic E-state index is 13.0. The van der Waals surface area contributed by atoms with E-state index in [0.717, 1.165) is 0 Å². The molecule has 2 amide bonds. The molecular formula is C13H17ClF3N6OS+. The normalized spacial score (nSPS) is 20.0. The summed E-state index contributed by atoms with van der Waals surface area (Å²) in [6.45, 7) is 4.46. The van der Waals surface area contributed by atoms with Gasteiger partial charge in [0, 0.05) is 13.1 Å². The topological polar surface area (TPSA) is 62.5 Å². The minimum atomic E-state index is -4.51. The number of carbonyl (C=O) groups excluding carboxylic acids is 1. The molecule has 1 aliphatic rings. The Morgan fingerprint density at radius 2 is 2.04 bits per heavy atom. The van der Waals surface area contributed by atoms with Gasteiger partial charge in [-0.2, -0.15) is 28.7 Å². The van der Waals surface area contributed by atoms with Crippen LogP contribution in [0.2, 0.25) is 5.15 Å². The van der Waals surface area contributed by atoms with Crippen LogP contribution in [0, 0.1) is 6.92 Å². The van der Waals surface area contributed by atoms with Gasteiger partial charge < -0.3 is 0 Å². The van der Waals surface area contributed by atoms with Crippen molar-refractivity contribution in [3.8, 4) is 0 Å². The molecule has 1 N–H and O–H groups in total. The zero-order valence-corrected chi connectivity index (χ0v) is 15.3. The Balaban J connectivity index is 2.59. The smallest absolute Gasteiger partial charge is 0.290 e.